The Hall–Kier alpha value is -3.47. The van der Waals surface area contributed by atoms with Gasteiger partial charge in [0.05, 0.1) is 19.9 Å². The number of benzene rings is 2. The summed E-state index contributed by atoms with van der Waals surface area (Å²) in [4.78, 5) is 21.9. The fourth-order valence-corrected chi connectivity index (χ4v) is 4.34. The van der Waals surface area contributed by atoms with Gasteiger partial charge in [-0.05, 0) is 48.0 Å². The van der Waals surface area contributed by atoms with Crippen LogP contribution in [-0.2, 0) is 17.8 Å². The summed E-state index contributed by atoms with van der Waals surface area (Å²) in [5.41, 5.74) is 3.54. The first-order chi connectivity index (χ1) is 17.0. The van der Waals surface area contributed by atoms with E-state index in [1.807, 2.05) is 47.4 Å². The molecule has 1 aliphatic rings. The van der Waals surface area contributed by atoms with Crippen LogP contribution in [0.4, 0.5) is 5.69 Å². The number of rotatable bonds is 8. The van der Waals surface area contributed by atoms with E-state index in [1.54, 1.807) is 32.4 Å². The van der Waals surface area contributed by atoms with Crippen molar-refractivity contribution in [3.63, 3.8) is 0 Å². The maximum absolute atomic E-state index is 13.1. The molecule has 0 radical (unpaired) electrons. The number of aromatic nitrogens is 1. The molecule has 1 amide bonds. The second-order valence-electron chi connectivity index (χ2n) is 8.08. The molecule has 0 bridgehead atoms. The number of carbonyl (C=O) groups excluding carboxylic acids is 1. The number of ether oxygens (including phenoxy) is 2. The third kappa shape index (κ3) is 6.16. The fourth-order valence-electron chi connectivity index (χ4n) is 4.01. The molecule has 1 saturated heterocycles. The van der Waals surface area contributed by atoms with Crippen molar-refractivity contribution in [2.45, 2.75) is 6.54 Å². The van der Waals surface area contributed by atoms with Gasteiger partial charge in [0.25, 0.3) is 5.91 Å². The largest absolute Gasteiger partial charge is 0.755 e. The molecular weight excluding hydrogens is 468 g/mol. The van der Waals surface area contributed by atoms with Gasteiger partial charge in [0, 0.05) is 55.2 Å². The molecule has 2 aromatic carbocycles. The molecule has 35 heavy (non-hydrogen) atoms. The Morgan fingerprint density at radius 3 is 2.37 bits per heavy atom. The molecule has 1 fully saturated rings. The lowest BCUT2D eigenvalue weighted by molar-refractivity contribution is 0.0623. The maximum atomic E-state index is 13.1. The minimum Gasteiger partial charge on any atom is -0.755 e. The van der Waals surface area contributed by atoms with Crippen LogP contribution < -0.4 is 14.2 Å². The third-order valence-corrected chi connectivity index (χ3v) is 6.27. The van der Waals surface area contributed by atoms with Crippen LogP contribution in [0, 0.1) is 0 Å². The van der Waals surface area contributed by atoms with E-state index in [4.69, 9.17) is 9.47 Å². The minimum absolute atomic E-state index is 0.0898. The van der Waals surface area contributed by atoms with Gasteiger partial charge in [-0.25, -0.2) is 4.98 Å². The minimum atomic E-state index is -2.33. The van der Waals surface area contributed by atoms with E-state index in [0.717, 1.165) is 30.8 Å². The van der Waals surface area contributed by atoms with Crippen molar-refractivity contribution in [3.8, 4) is 22.8 Å². The van der Waals surface area contributed by atoms with Gasteiger partial charge in [-0.15, -0.1) is 0 Å². The lowest BCUT2D eigenvalue weighted by Gasteiger charge is -2.34. The zero-order valence-corrected chi connectivity index (χ0v) is 20.4. The van der Waals surface area contributed by atoms with Crippen molar-refractivity contribution in [2.75, 3.05) is 45.1 Å². The van der Waals surface area contributed by atoms with Crippen LogP contribution in [-0.4, -0.2) is 69.9 Å². The molecule has 10 heteroatoms. The maximum Gasteiger partial charge on any atom is 0.272 e. The lowest BCUT2D eigenvalue weighted by Crippen LogP contribution is -2.48. The Bertz CT molecular complexity index is 1200. The SMILES string of the molecule is COc1ccc(-c2cccc(C(=O)N3CCN(Cc4ccc(NS(=O)[O-])cc4)CC3)n2)cc1OC. The van der Waals surface area contributed by atoms with Gasteiger partial charge in [0.1, 0.15) is 5.69 Å². The number of pyridine rings is 1. The smallest absolute Gasteiger partial charge is 0.272 e. The molecule has 2 heterocycles. The predicted molar refractivity (Wildman–Crippen MR) is 133 cm³/mol. The number of anilines is 1. The number of methoxy groups -OCH3 is 2. The van der Waals surface area contributed by atoms with E-state index in [0.29, 0.717) is 41.7 Å². The Kier molecular flexibility index (Phi) is 7.96. The van der Waals surface area contributed by atoms with Crippen molar-refractivity contribution in [1.29, 1.82) is 0 Å². The number of hydrogen-bond acceptors (Lipinski definition) is 7. The molecule has 0 aliphatic carbocycles. The van der Waals surface area contributed by atoms with Gasteiger partial charge in [0.15, 0.2) is 11.5 Å². The molecule has 1 N–H and O–H groups in total. The third-order valence-electron chi connectivity index (χ3n) is 5.87. The quantitative estimate of drug-likeness (QED) is 0.479. The molecule has 1 aromatic heterocycles. The molecule has 1 atom stereocenters. The van der Waals surface area contributed by atoms with Gasteiger partial charge in [-0.1, -0.05) is 18.2 Å². The number of amides is 1. The van der Waals surface area contributed by atoms with Crippen molar-refractivity contribution in [1.82, 2.24) is 14.8 Å². The summed E-state index contributed by atoms with van der Waals surface area (Å²) in [7, 11) is 3.17. The van der Waals surface area contributed by atoms with Crippen molar-refractivity contribution in [2.24, 2.45) is 0 Å². The van der Waals surface area contributed by atoms with Gasteiger partial charge in [-0.3, -0.25) is 13.9 Å². The summed E-state index contributed by atoms with van der Waals surface area (Å²) in [5.74, 6) is 1.15. The highest BCUT2D eigenvalue weighted by atomic mass is 32.2. The van der Waals surface area contributed by atoms with Crippen molar-refractivity contribution in [3.05, 3.63) is 71.9 Å². The number of nitrogens with zero attached hydrogens (tertiary/aromatic N) is 3. The second-order valence-corrected chi connectivity index (χ2v) is 8.75. The zero-order valence-electron chi connectivity index (χ0n) is 19.6. The molecule has 0 saturated carbocycles. The first-order valence-electron chi connectivity index (χ1n) is 11.1. The van der Waals surface area contributed by atoms with Gasteiger partial charge in [0.2, 0.25) is 0 Å². The van der Waals surface area contributed by atoms with Crippen molar-refractivity contribution < 1.29 is 23.0 Å². The average Bonchev–Trinajstić information content (AvgIpc) is 2.89. The monoisotopic (exact) mass is 495 g/mol. The first-order valence-corrected chi connectivity index (χ1v) is 12.2. The van der Waals surface area contributed by atoms with Crippen LogP contribution in [0.2, 0.25) is 0 Å². The second kappa shape index (κ2) is 11.3. The normalized spacial score (nSPS) is 14.9. The first kappa shape index (κ1) is 24.6. The summed E-state index contributed by atoms with van der Waals surface area (Å²) in [5, 5.41) is 0. The predicted octanol–water partition coefficient (Wildman–Crippen LogP) is 2.93. The number of carbonyl (C=O) groups is 1. The van der Waals surface area contributed by atoms with E-state index in [1.165, 1.54) is 0 Å². The Morgan fingerprint density at radius 1 is 1.00 bits per heavy atom. The Morgan fingerprint density at radius 2 is 1.71 bits per heavy atom. The summed E-state index contributed by atoms with van der Waals surface area (Å²) < 4.78 is 34.5. The van der Waals surface area contributed by atoms with Crippen LogP contribution in [0.1, 0.15) is 16.1 Å². The van der Waals surface area contributed by atoms with E-state index in [2.05, 4.69) is 14.6 Å². The standard InChI is InChI=1S/C25H28N4O5S/c1-33-23-11-8-19(16-24(23)34-2)21-4-3-5-22(26-21)25(30)29-14-12-28(13-15-29)17-18-6-9-20(10-7-18)27-35(31)32/h3-11,16,27H,12-15,17H2,1-2H3,(H,31,32)/p-1. The number of nitrogens with one attached hydrogen (secondary N) is 1. The molecule has 184 valence electrons. The molecule has 3 aromatic rings. The Labute approximate surface area is 207 Å². The summed E-state index contributed by atoms with van der Waals surface area (Å²) in [6, 6.07) is 18.3. The van der Waals surface area contributed by atoms with E-state index >= 15 is 0 Å². The van der Waals surface area contributed by atoms with Crippen molar-refractivity contribution >= 4 is 22.9 Å². The van der Waals surface area contributed by atoms with Crippen LogP contribution in [0.25, 0.3) is 11.3 Å². The number of hydrogen-bond donors (Lipinski definition) is 1. The van der Waals surface area contributed by atoms with Gasteiger partial charge < -0.3 is 23.6 Å². The molecule has 1 aliphatic heterocycles. The Balaban J connectivity index is 1.37. The molecule has 0 spiro atoms. The topological polar surface area (TPSA) is 107 Å². The molecule has 9 nitrogen and oxygen atoms in total. The van der Waals surface area contributed by atoms with Crippen LogP contribution in [0.15, 0.2) is 60.7 Å². The van der Waals surface area contributed by atoms with E-state index in [9.17, 15) is 13.6 Å². The van der Waals surface area contributed by atoms with Gasteiger partial charge >= 0.3 is 0 Å². The highest BCUT2D eigenvalue weighted by Crippen LogP contribution is 2.31. The summed E-state index contributed by atoms with van der Waals surface area (Å²) in [6.45, 7) is 3.43. The van der Waals surface area contributed by atoms with Crippen LogP contribution in [0.5, 0.6) is 11.5 Å². The highest BCUT2D eigenvalue weighted by Gasteiger charge is 2.23. The van der Waals surface area contributed by atoms with Crippen LogP contribution >= 0.6 is 0 Å². The molecule has 1 unspecified atom stereocenters. The summed E-state index contributed by atoms with van der Waals surface area (Å²) in [6.07, 6.45) is 0. The summed E-state index contributed by atoms with van der Waals surface area (Å²) >= 11 is -2.33. The lowest BCUT2D eigenvalue weighted by atomic mass is 10.1. The fraction of sp³-hybridized carbons (Fsp3) is 0.280. The van der Waals surface area contributed by atoms with E-state index in [-0.39, 0.29) is 5.91 Å². The number of piperazine rings is 1. The highest BCUT2D eigenvalue weighted by molar-refractivity contribution is 7.80. The zero-order chi connectivity index (χ0) is 24.8. The van der Waals surface area contributed by atoms with E-state index < -0.39 is 11.3 Å². The van der Waals surface area contributed by atoms with Crippen LogP contribution in [0.3, 0.4) is 0 Å². The molecule has 4 rings (SSSR count). The average molecular weight is 496 g/mol. The van der Waals surface area contributed by atoms with Gasteiger partial charge in [-0.2, -0.15) is 0 Å². The molecular formula is C25H27N4O5S-.